The summed E-state index contributed by atoms with van der Waals surface area (Å²) in [7, 11) is -4.67. The van der Waals surface area contributed by atoms with Gasteiger partial charge in [0.15, 0.2) is 0 Å². The predicted molar refractivity (Wildman–Crippen MR) is 77.4 cm³/mol. The second-order valence-corrected chi connectivity index (χ2v) is 7.26. The number of anilines is 1. The van der Waals surface area contributed by atoms with Crippen LogP contribution >= 0.6 is 0 Å². The Morgan fingerprint density at radius 2 is 1.95 bits per heavy atom. The molecule has 9 heteroatoms. The maximum absolute atomic E-state index is 13.1. The minimum Gasteiger partial charge on any atom is -0.339 e. The molecule has 0 bridgehead atoms. The van der Waals surface area contributed by atoms with Gasteiger partial charge in [-0.25, -0.2) is 9.97 Å². The molecule has 0 radical (unpaired) electrons. The van der Waals surface area contributed by atoms with Crippen LogP contribution in [0.25, 0.3) is 0 Å². The molecule has 2 aliphatic rings. The third kappa shape index (κ3) is 3.03. The van der Waals surface area contributed by atoms with Crippen LogP contribution in [0.15, 0.2) is 18.5 Å². The molecule has 0 N–H and O–H groups in total. The zero-order valence-corrected chi connectivity index (χ0v) is 12.7. The minimum absolute atomic E-state index is 0.0637. The second-order valence-electron chi connectivity index (χ2n) is 5.64. The Kier molecular flexibility index (Phi) is 3.98. The third-order valence-corrected chi connectivity index (χ3v) is 5.31. The van der Waals surface area contributed by atoms with Gasteiger partial charge in [-0.3, -0.25) is 4.79 Å². The lowest BCUT2D eigenvalue weighted by Gasteiger charge is -2.37. The van der Waals surface area contributed by atoms with Crippen molar-refractivity contribution in [1.82, 2.24) is 14.9 Å². The maximum atomic E-state index is 13.1. The monoisotopic (exact) mass is 328 g/mol. The van der Waals surface area contributed by atoms with Crippen LogP contribution < -0.4 is 4.90 Å². The highest BCUT2D eigenvalue weighted by Gasteiger charge is 2.42. The van der Waals surface area contributed by atoms with E-state index in [2.05, 4.69) is 9.97 Å². The zero-order valence-electron chi connectivity index (χ0n) is 11.9. The number of piperidine rings is 1. The lowest BCUT2D eigenvalue weighted by molar-refractivity contribution is -0.129. The van der Waals surface area contributed by atoms with Crippen LogP contribution in [0.3, 0.4) is 0 Å². The molecule has 1 aromatic heterocycles. The Morgan fingerprint density at radius 1 is 1.23 bits per heavy atom. The van der Waals surface area contributed by atoms with E-state index in [4.69, 9.17) is 0 Å². The average Bonchev–Trinajstić information content (AvgIpc) is 2.90. The molecule has 120 valence electrons. The number of rotatable bonds is 3. The van der Waals surface area contributed by atoms with Crippen molar-refractivity contribution in [1.29, 1.82) is 0 Å². The van der Waals surface area contributed by atoms with Gasteiger partial charge in [-0.15, -0.1) is 3.89 Å². The maximum Gasteiger partial charge on any atom is 0.307 e. The van der Waals surface area contributed by atoms with Gasteiger partial charge in [0, 0.05) is 44.5 Å². The van der Waals surface area contributed by atoms with Crippen molar-refractivity contribution >= 4 is 22.1 Å². The molecular formula is C13H17FN4O3S. The molecule has 0 saturated carbocycles. The van der Waals surface area contributed by atoms with Crippen LogP contribution in [0.2, 0.25) is 0 Å². The van der Waals surface area contributed by atoms with E-state index >= 15 is 0 Å². The molecule has 0 spiro atoms. The predicted octanol–water partition coefficient (Wildman–Crippen LogP) is 0.346. The highest BCUT2D eigenvalue weighted by molar-refractivity contribution is 7.87. The topological polar surface area (TPSA) is 83.5 Å². The van der Waals surface area contributed by atoms with Gasteiger partial charge in [-0.2, -0.15) is 8.42 Å². The van der Waals surface area contributed by atoms with E-state index in [9.17, 15) is 17.1 Å². The van der Waals surface area contributed by atoms with E-state index in [1.807, 2.05) is 4.90 Å². The van der Waals surface area contributed by atoms with Gasteiger partial charge in [0.05, 0.1) is 0 Å². The standard InChI is InChI=1S/C13H17FN4O3S/c14-22(20,21)11-7-12(19)18(9-11)10-3-1-6-17(8-10)13-15-4-2-5-16-13/h2,4-5,10-11H,1,3,6-9H2. The van der Waals surface area contributed by atoms with Crippen molar-refractivity contribution in [2.24, 2.45) is 0 Å². The fourth-order valence-corrected chi connectivity index (χ4v) is 3.76. The number of nitrogens with zero attached hydrogens (tertiary/aromatic N) is 4. The number of hydrogen-bond donors (Lipinski definition) is 0. The molecular weight excluding hydrogens is 311 g/mol. The normalized spacial score (nSPS) is 26.5. The summed E-state index contributed by atoms with van der Waals surface area (Å²) >= 11 is 0. The summed E-state index contributed by atoms with van der Waals surface area (Å²) in [4.78, 5) is 23.9. The minimum atomic E-state index is -4.67. The first kappa shape index (κ1) is 15.1. The lowest BCUT2D eigenvalue weighted by atomic mass is 10.0. The first-order valence-electron chi connectivity index (χ1n) is 7.20. The number of aromatic nitrogens is 2. The summed E-state index contributed by atoms with van der Waals surface area (Å²) in [6.07, 6.45) is 4.66. The smallest absolute Gasteiger partial charge is 0.307 e. The van der Waals surface area contributed by atoms with Gasteiger partial charge in [0.25, 0.3) is 0 Å². The first-order valence-corrected chi connectivity index (χ1v) is 8.65. The number of carbonyl (C=O) groups excluding carboxylic acids is 1. The molecule has 0 aromatic carbocycles. The zero-order chi connectivity index (χ0) is 15.7. The van der Waals surface area contributed by atoms with E-state index < -0.39 is 15.5 Å². The van der Waals surface area contributed by atoms with Gasteiger partial charge in [-0.1, -0.05) is 0 Å². The average molecular weight is 328 g/mol. The molecule has 2 aliphatic heterocycles. The Bertz CT molecular complexity index is 655. The molecule has 1 aromatic rings. The van der Waals surface area contributed by atoms with Gasteiger partial charge >= 0.3 is 10.2 Å². The molecule has 3 heterocycles. The van der Waals surface area contributed by atoms with Crippen LogP contribution in [0.5, 0.6) is 0 Å². The van der Waals surface area contributed by atoms with Crippen LogP contribution in [-0.2, 0) is 15.0 Å². The van der Waals surface area contributed by atoms with E-state index in [1.54, 1.807) is 18.5 Å². The van der Waals surface area contributed by atoms with E-state index in [0.29, 0.717) is 12.5 Å². The highest BCUT2D eigenvalue weighted by Crippen LogP contribution is 2.26. The molecule has 2 saturated heterocycles. The molecule has 2 unspecified atom stereocenters. The van der Waals surface area contributed by atoms with Gasteiger partial charge in [0.2, 0.25) is 11.9 Å². The van der Waals surface area contributed by atoms with Crippen molar-refractivity contribution in [3.8, 4) is 0 Å². The molecule has 2 fully saturated rings. The van der Waals surface area contributed by atoms with Gasteiger partial charge in [0.1, 0.15) is 5.25 Å². The van der Waals surface area contributed by atoms with Crippen LogP contribution in [0.1, 0.15) is 19.3 Å². The first-order chi connectivity index (χ1) is 10.4. The quantitative estimate of drug-likeness (QED) is 0.744. The van der Waals surface area contributed by atoms with Crippen molar-refractivity contribution < 1.29 is 17.1 Å². The number of amides is 1. The largest absolute Gasteiger partial charge is 0.339 e. The highest BCUT2D eigenvalue weighted by atomic mass is 32.3. The van der Waals surface area contributed by atoms with Crippen molar-refractivity contribution in [2.45, 2.75) is 30.6 Å². The number of hydrogen-bond acceptors (Lipinski definition) is 6. The van der Waals surface area contributed by atoms with Gasteiger partial charge < -0.3 is 9.80 Å². The van der Waals surface area contributed by atoms with Crippen molar-refractivity contribution in [3.63, 3.8) is 0 Å². The summed E-state index contributed by atoms with van der Waals surface area (Å²) < 4.78 is 35.1. The summed E-state index contributed by atoms with van der Waals surface area (Å²) in [6.45, 7) is 1.26. The van der Waals surface area contributed by atoms with Crippen LogP contribution in [0.4, 0.5) is 9.83 Å². The van der Waals surface area contributed by atoms with E-state index in [1.165, 1.54) is 4.90 Å². The molecule has 2 atom stereocenters. The van der Waals surface area contributed by atoms with Gasteiger partial charge in [-0.05, 0) is 18.9 Å². The van der Waals surface area contributed by atoms with E-state index in [0.717, 1.165) is 19.4 Å². The van der Waals surface area contributed by atoms with Crippen LogP contribution in [-0.4, -0.2) is 60.1 Å². The fourth-order valence-electron chi connectivity index (χ4n) is 3.08. The summed E-state index contributed by atoms with van der Waals surface area (Å²) in [5.74, 6) is 0.292. The Balaban J connectivity index is 1.71. The Hall–Kier alpha value is -1.77. The SMILES string of the molecule is O=C1CC(S(=O)(=O)F)CN1C1CCCN(c2ncccn2)C1. The molecule has 22 heavy (non-hydrogen) atoms. The lowest BCUT2D eigenvalue weighted by Crippen LogP contribution is -2.49. The van der Waals surface area contributed by atoms with Crippen LogP contribution in [0, 0.1) is 0 Å². The molecule has 3 rings (SSSR count). The van der Waals surface area contributed by atoms with E-state index in [-0.39, 0.29) is 24.9 Å². The molecule has 0 aliphatic carbocycles. The third-order valence-electron chi connectivity index (χ3n) is 4.19. The molecule has 1 amide bonds. The Morgan fingerprint density at radius 3 is 2.59 bits per heavy atom. The summed E-state index contributed by atoms with van der Waals surface area (Å²) in [5.41, 5.74) is 0. The number of halogens is 1. The fraction of sp³-hybridized carbons (Fsp3) is 0.615. The van der Waals surface area contributed by atoms with Crippen molar-refractivity contribution in [2.75, 3.05) is 24.5 Å². The summed E-state index contributed by atoms with van der Waals surface area (Å²) in [6, 6.07) is 1.60. The van der Waals surface area contributed by atoms with Crippen molar-refractivity contribution in [3.05, 3.63) is 18.5 Å². The summed E-state index contributed by atoms with van der Waals surface area (Å²) in [5, 5.41) is -1.23. The second kappa shape index (κ2) is 5.79. The number of carbonyl (C=O) groups is 1. The molecule has 7 nitrogen and oxygen atoms in total. The Labute approximate surface area is 128 Å². The number of likely N-dealkylation sites (tertiary alicyclic amines) is 1.